The number of nitrogens with zero attached hydrogens (tertiary/aromatic N) is 4. The molecular weight excluding hydrogens is 474 g/mol. The number of amides is 1. The smallest absolute Gasteiger partial charge is 0.308 e. The van der Waals surface area contributed by atoms with Gasteiger partial charge in [-0.3, -0.25) is 14.5 Å². The Bertz CT molecular complexity index is 1040. The molecule has 0 bridgehead atoms. The summed E-state index contributed by atoms with van der Waals surface area (Å²) in [5.41, 5.74) is 7.45. The van der Waals surface area contributed by atoms with Crippen molar-refractivity contribution in [1.82, 2.24) is 19.8 Å². The van der Waals surface area contributed by atoms with Gasteiger partial charge in [-0.05, 0) is 56.0 Å². The number of ether oxygens (including phenoxy) is 2. The van der Waals surface area contributed by atoms with Crippen LogP contribution >= 0.6 is 0 Å². The van der Waals surface area contributed by atoms with E-state index in [4.69, 9.17) is 15.2 Å². The van der Waals surface area contributed by atoms with Crippen LogP contribution < -0.4 is 15.2 Å². The summed E-state index contributed by atoms with van der Waals surface area (Å²) < 4.78 is 11.0. The number of aliphatic carboxylic acids is 1. The largest absolute Gasteiger partial charge is 0.481 e. The first-order valence-electron chi connectivity index (χ1n) is 13.1. The van der Waals surface area contributed by atoms with E-state index in [0.717, 1.165) is 30.5 Å². The van der Waals surface area contributed by atoms with Crippen molar-refractivity contribution in [2.45, 2.75) is 51.0 Å². The Labute approximate surface area is 217 Å². The van der Waals surface area contributed by atoms with E-state index >= 15 is 0 Å². The normalized spacial score (nSPS) is 20.8. The Morgan fingerprint density at radius 2 is 2.00 bits per heavy atom. The fourth-order valence-electron chi connectivity index (χ4n) is 5.36. The first-order chi connectivity index (χ1) is 18.0. The Hall–Kier alpha value is -3.24. The third-order valence-electron chi connectivity index (χ3n) is 7.30. The van der Waals surface area contributed by atoms with Crippen LogP contribution in [0.15, 0.2) is 36.8 Å². The molecule has 0 unspecified atom stereocenters. The summed E-state index contributed by atoms with van der Waals surface area (Å²) >= 11 is 0. The molecule has 10 heteroatoms. The Kier molecular flexibility index (Phi) is 9.29. The molecule has 37 heavy (non-hydrogen) atoms. The molecule has 3 atom stereocenters. The van der Waals surface area contributed by atoms with Crippen LogP contribution in [0.4, 0.5) is 0 Å². The highest BCUT2D eigenvalue weighted by Gasteiger charge is 2.47. The van der Waals surface area contributed by atoms with E-state index < -0.39 is 11.9 Å². The summed E-state index contributed by atoms with van der Waals surface area (Å²) in [4.78, 5) is 38.3. The molecular formula is C27H37N5O5. The number of likely N-dealkylation sites (tertiary alicyclic amines) is 1. The number of fused-ring (bicyclic) bond motifs is 1. The second kappa shape index (κ2) is 12.8. The minimum absolute atomic E-state index is 0.0180. The average molecular weight is 512 g/mol. The van der Waals surface area contributed by atoms with Crippen LogP contribution in [0.1, 0.15) is 49.8 Å². The molecule has 2 aromatic rings. The number of carboxylic acids is 1. The molecule has 1 saturated heterocycles. The molecule has 10 nitrogen and oxygen atoms in total. The molecule has 1 fully saturated rings. The van der Waals surface area contributed by atoms with Crippen molar-refractivity contribution in [3.63, 3.8) is 0 Å². The number of hydrogen-bond acceptors (Lipinski definition) is 8. The van der Waals surface area contributed by atoms with Crippen molar-refractivity contribution in [2.75, 3.05) is 39.5 Å². The summed E-state index contributed by atoms with van der Waals surface area (Å²) in [6, 6.07) is 7.14. The maximum atomic E-state index is 13.4. The van der Waals surface area contributed by atoms with E-state index in [2.05, 4.69) is 21.8 Å². The van der Waals surface area contributed by atoms with E-state index in [1.54, 1.807) is 6.20 Å². The summed E-state index contributed by atoms with van der Waals surface area (Å²) in [5.74, 6) is -0.527. The van der Waals surface area contributed by atoms with Gasteiger partial charge in [0.05, 0.1) is 12.5 Å². The topological polar surface area (TPSA) is 131 Å². The predicted octanol–water partition coefficient (Wildman–Crippen LogP) is 2.28. The lowest BCUT2D eigenvalue weighted by Gasteiger charge is -2.29. The van der Waals surface area contributed by atoms with Crippen LogP contribution in [0.5, 0.6) is 11.5 Å². The molecule has 3 heterocycles. The van der Waals surface area contributed by atoms with E-state index in [0.29, 0.717) is 50.5 Å². The zero-order valence-corrected chi connectivity index (χ0v) is 21.4. The van der Waals surface area contributed by atoms with E-state index in [-0.39, 0.29) is 31.2 Å². The first kappa shape index (κ1) is 26.8. The number of nitrogens with two attached hydrogens (primary N) is 1. The number of unbranched alkanes of at least 4 members (excludes halogenated alkanes) is 1. The Balaban J connectivity index is 1.59. The monoisotopic (exact) mass is 511 g/mol. The second-order valence-electron chi connectivity index (χ2n) is 9.70. The van der Waals surface area contributed by atoms with Crippen LogP contribution in [0.3, 0.4) is 0 Å². The average Bonchev–Trinajstić information content (AvgIpc) is 3.52. The lowest BCUT2D eigenvalue weighted by Crippen LogP contribution is -2.45. The second-order valence-corrected chi connectivity index (χ2v) is 9.70. The molecule has 1 amide bonds. The van der Waals surface area contributed by atoms with Crippen molar-refractivity contribution in [3.8, 4) is 11.5 Å². The van der Waals surface area contributed by atoms with Gasteiger partial charge in [0.1, 0.15) is 6.33 Å². The fourth-order valence-corrected chi connectivity index (χ4v) is 5.36. The van der Waals surface area contributed by atoms with Crippen molar-refractivity contribution in [3.05, 3.63) is 48.0 Å². The minimum Gasteiger partial charge on any atom is -0.481 e. The van der Waals surface area contributed by atoms with Gasteiger partial charge in [-0.1, -0.05) is 19.4 Å². The van der Waals surface area contributed by atoms with Crippen molar-refractivity contribution in [2.24, 2.45) is 11.7 Å². The van der Waals surface area contributed by atoms with Crippen LogP contribution in [0, 0.1) is 5.92 Å². The molecule has 0 aliphatic carbocycles. The third kappa shape index (κ3) is 6.56. The molecule has 1 aromatic carbocycles. The lowest BCUT2D eigenvalue weighted by molar-refractivity contribution is -0.143. The van der Waals surface area contributed by atoms with E-state index in [1.165, 1.54) is 6.33 Å². The first-order valence-corrected chi connectivity index (χ1v) is 13.1. The molecule has 0 radical (unpaired) electrons. The number of carbonyl (C=O) groups excluding carboxylic acids is 1. The van der Waals surface area contributed by atoms with Crippen molar-refractivity contribution in [1.29, 1.82) is 0 Å². The van der Waals surface area contributed by atoms with Gasteiger partial charge in [-0.15, -0.1) is 0 Å². The maximum absolute atomic E-state index is 13.4. The number of carboxylic acid groups (broad SMARTS) is 1. The predicted molar refractivity (Wildman–Crippen MR) is 137 cm³/mol. The number of hydrogen-bond donors (Lipinski definition) is 2. The minimum atomic E-state index is -0.865. The highest BCUT2D eigenvalue weighted by atomic mass is 16.7. The zero-order valence-electron chi connectivity index (χ0n) is 21.4. The fraction of sp³-hybridized carbons (Fsp3) is 0.556. The van der Waals surface area contributed by atoms with Gasteiger partial charge < -0.3 is 25.2 Å². The number of benzene rings is 1. The van der Waals surface area contributed by atoms with Crippen LogP contribution in [0.2, 0.25) is 0 Å². The summed E-state index contributed by atoms with van der Waals surface area (Å²) in [7, 11) is 0. The van der Waals surface area contributed by atoms with E-state index in [9.17, 15) is 14.7 Å². The third-order valence-corrected chi connectivity index (χ3v) is 7.30. The van der Waals surface area contributed by atoms with Crippen molar-refractivity contribution < 1.29 is 24.2 Å². The highest BCUT2D eigenvalue weighted by molar-refractivity contribution is 5.79. The van der Waals surface area contributed by atoms with Crippen LogP contribution in [-0.2, 0) is 16.0 Å². The van der Waals surface area contributed by atoms with Crippen molar-refractivity contribution >= 4 is 11.9 Å². The van der Waals surface area contributed by atoms with Crippen LogP contribution in [-0.4, -0.2) is 82.3 Å². The number of aromatic nitrogens is 2. The molecule has 0 saturated carbocycles. The highest BCUT2D eigenvalue weighted by Crippen LogP contribution is 2.43. The zero-order chi connectivity index (χ0) is 26.2. The maximum Gasteiger partial charge on any atom is 0.308 e. The molecule has 1 aromatic heterocycles. The van der Waals surface area contributed by atoms with Crippen LogP contribution in [0.25, 0.3) is 0 Å². The number of aryl methyl sites for hydroxylation is 1. The van der Waals surface area contributed by atoms with Gasteiger partial charge in [-0.2, -0.15) is 0 Å². The Morgan fingerprint density at radius 1 is 1.19 bits per heavy atom. The molecule has 4 rings (SSSR count). The van der Waals surface area contributed by atoms with Gasteiger partial charge in [0.2, 0.25) is 12.7 Å². The number of carbonyl (C=O) groups is 2. The number of rotatable bonds is 13. The lowest BCUT2D eigenvalue weighted by atomic mass is 9.83. The van der Waals surface area contributed by atoms with Gasteiger partial charge >= 0.3 is 5.97 Å². The molecule has 2 aliphatic rings. The standard InChI is InChI=1S/C27H37N5O5/c1-2-3-12-31(13-4-10-28)25(33)16-32-15-21(19-5-8-23-24(14-19)37-18-36-23)26(27(34)35)22(32)7-6-20-9-11-29-17-30-20/h5,8-9,11,14,17,21-22,26H,2-4,6-7,10,12-13,15-16,18,28H2,1H3,(H,34,35)/t21-,22+,26-/m1/s1. The van der Waals surface area contributed by atoms with Gasteiger partial charge in [0, 0.05) is 43.5 Å². The summed E-state index contributed by atoms with van der Waals surface area (Å²) in [6.07, 6.45) is 7.01. The SMILES string of the molecule is CCCCN(CCCN)C(=O)CN1C[C@H](c2ccc3c(c2)OCO3)[C@@H](C(=O)O)[C@@H]1CCc1ccncn1. The summed E-state index contributed by atoms with van der Waals surface area (Å²) in [6.45, 7) is 4.72. The molecule has 0 spiro atoms. The molecule has 2 aliphatic heterocycles. The molecule has 3 N–H and O–H groups in total. The van der Waals surface area contributed by atoms with Gasteiger partial charge in [0.25, 0.3) is 0 Å². The van der Waals surface area contributed by atoms with Gasteiger partial charge in [0.15, 0.2) is 11.5 Å². The molecule has 200 valence electrons. The van der Waals surface area contributed by atoms with E-state index in [1.807, 2.05) is 29.2 Å². The summed E-state index contributed by atoms with van der Waals surface area (Å²) in [5, 5.41) is 10.4. The Morgan fingerprint density at radius 3 is 2.73 bits per heavy atom. The van der Waals surface area contributed by atoms with Gasteiger partial charge in [-0.25, -0.2) is 9.97 Å². The quantitative estimate of drug-likeness (QED) is 0.416.